The monoisotopic (exact) mass is 394 g/mol. The van der Waals surface area contributed by atoms with Gasteiger partial charge in [-0.05, 0) is 43.9 Å². The number of amides is 2. The van der Waals surface area contributed by atoms with E-state index in [9.17, 15) is 18.0 Å². The minimum absolute atomic E-state index is 0.00393. The van der Waals surface area contributed by atoms with Crippen LogP contribution in [0.15, 0.2) is 29.2 Å². The van der Waals surface area contributed by atoms with Crippen LogP contribution in [-0.4, -0.2) is 57.4 Å². The number of nitrogens with one attached hydrogen (secondary N) is 2. The molecule has 0 bridgehead atoms. The van der Waals surface area contributed by atoms with Crippen LogP contribution in [0.2, 0.25) is 0 Å². The molecule has 2 amide bonds. The molecule has 1 heterocycles. The predicted octanol–water partition coefficient (Wildman–Crippen LogP) is 0.0544. The molecule has 0 radical (unpaired) electrons. The standard InChI is InChI=1S/C18H26N4O4S/c19-8-9-20-17(23)14-4-2-10-22(12-14)18(24)13-3-1-5-16(11-13)27(25,26)21-15-6-7-15/h1,3,5,11,14-15,21H,2,4,6-10,12,19H2,(H,20,23). The maximum atomic E-state index is 12.9. The number of nitrogens with two attached hydrogens (primary N) is 1. The van der Waals surface area contributed by atoms with Crippen molar-refractivity contribution in [2.24, 2.45) is 11.7 Å². The zero-order valence-corrected chi connectivity index (χ0v) is 16.0. The number of rotatable bonds is 7. The van der Waals surface area contributed by atoms with E-state index in [1.165, 1.54) is 12.1 Å². The minimum atomic E-state index is -3.61. The molecule has 1 aromatic carbocycles. The fourth-order valence-electron chi connectivity index (χ4n) is 3.18. The average molecular weight is 394 g/mol. The van der Waals surface area contributed by atoms with Gasteiger partial charge in [-0.3, -0.25) is 9.59 Å². The van der Waals surface area contributed by atoms with Gasteiger partial charge < -0.3 is 16.0 Å². The molecule has 3 rings (SSSR count). The minimum Gasteiger partial charge on any atom is -0.355 e. The molecule has 1 atom stereocenters. The molecule has 1 aromatic rings. The van der Waals surface area contributed by atoms with Crippen LogP contribution in [0.3, 0.4) is 0 Å². The molecule has 2 fully saturated rings. The van der Waals surface area contributed by atoms with Gasteiger partial charge >= 0.3 is 0 Å². The lowest BCUT2D eigenvalue weighted by Crippen LogP contribution is -2.46. The number of hydrogen-bond acceptors (Lipinski definition) is 5. The Labute approximate surface area is 159 Å². The molecule has 4 N–H and O–H groups in total. The third-order valence-electron chi connectivity index (χ3n) is 4.81. The lowest BCUT2D eigenvalue weighted by atomic mass is 9.96. The highest BCUT2D eigenvalue weighted by Gasteiger charge is 2.30. The molecule has 2 aliphatic rings. The van der Waals surface area contributed by atoms with E-state index in [2.05, 4.69) is 10.0 Å². The van der Waals surface area contributed by atoms with Crippen molar-refractivity contribution in [1.29, 1.82) is 0 Å². The Morgan fingerprint density at radius 2 is 2.00 bits per heavy atom. The number of carbonyl (C=O) groups is 2. The van der Waals surface area contributed by atoms with Gasteiger partial charge in [-0.2, -0.15) is 0 Å². The summed E-state index contributed by atoms with van der Waals surface area (Å²) in [6, 6.07) is 6.08. The second-order valence-electron chi connectivity index (χ2n) is 7.09. The molecular formula is C18H26N4O4S. The van der Waals surface area contributed by atoms with Crippen LogP contribution in [0, 0.1) is 5.92 Å². The van der Waals surface area contributed by atoms with E-state index >= 15 is 0 Å². The second-order valence-corrected chi connectivity index (χ2v) is 8.81. The number of sulfonamides is 1. The normalized spacial score (nSPS) is 20.3. The van der Waals surface area contributed by atoms with Gasteiger partial charge in [-0.15, -0.1) is 0 Å². The van der Waals surface area contributed by atoms with Crippen molar-refractivity contribution >= 4 is 21.8 Å². The van der Waals surface area contributed by atoms with Gasteiger partial charge in [0.15, 0.2) is 0 Å². The zero-order chi connectivity index (χ0) is 19.4. The Morgan fingerprint density at radius 1 is 1.22 bits per heavy atom. The van der Waals surface area contributed by atoms with Gasteiger partial charge in [0.2, 0.25) is 15.9 Å². The third-order valence-corrected chi connectivity index (χ3v) is 6.33. The van der Waals surface area contributed by atoms with Crippen LogP contribution in [0.25, 0.3) is 0 Å². The molecule has 0 spiro atoms. The highest BCUT2D eigenvalue weighted by molar-refractivity contribution is 7.89. The molecular weight excluding hydrogens is 368 g/mol. The van der Waals surface area contributed by atoms with Gasteiger partial charge in [-0.1, -0.05) is 6.07 Å². The van der Waals surface area contributed by atoms with E-state index in [-0.39, 0.29) is 28.7 Å². The van der Waals surface area contributed by atoms with Crippen LogP contribution in [0.1, 0.15) is 36.0 Å². The molecule has 27 heavy (non-hydrogen) atoms. The van der Waals surface area contributed by atoms with Crippen molar-refractivity contribution in [1.82, 2.24) is 14.9 Å². The summed E-state index contributed by atoms with van der Waals surface area (Å²) in [6.45, 7) is 1.66. The molecule has 0 aromatic heterocycles. The highest BCUT2D eigenvalue weighted by atomic mass is 32.2. The molecule has 9 heteroatoms. The number of hydrogen-bond donors (Lipinski definition) is 3. The maximum Gasteiger partial charge on any atom is 0.253 e. The number of nitrogens with zero attached hydrogens (tertiary/aromatic N) is 1. The molecule has 1 aliphatic carbocycles. The zero-order valence-electron chi connectivity index (χ0n) is 15.2. The van der Waals surface area contributed by atoms with Crippen molar-refractivity contribution in [3.63, 3.8) is 0 Å². The topological polar surface area (TPSA) is 122 Å². The van der Waals surface area contributed by atoms with Crippen LogP contribution < -0.4 is 15.8 Å². The Balaban J connectivity index is 1.69. The summed E-state index contributed by atoms with van der Waals surface area (Å²) in [4.78, 5) is 26.7. The largest absolute Gasteiger partial charge is 0.355 e. The maximum absolute atomic E-state index is 12.9. The van der Waals surface area contributed by atoms with Gasteiger partial charge in [-0.25, -0.2) is 13.1 Å². The first-order valence-electron chi connectivity index (χ1n) is 9.30. The van der Waals surface area contributed by atoms with Crippen molar-refractivity contribution in [3.8, 4) is 0 Å². The fourth-order valence-corrected chi connectivity index (χ4v) is 4.53. The summed E-state index contributed by atoms with van der Waals surface area (Å²) in [7, 11) is -3.61. The van der Waals surface area contributed by atoms with Crippen LogP contribution in [-0.2, 0) is 14.8 Å². The lowest BCUT2D eigenvalue weighted by Gasteiger charge is -2.32. The fraction of sp³-hybridized carbons (Fsp3) is 0.556. The van der Waals surface area contributed by atoms with Gasteiger partial charge in [0.1, 0.15) is 0 Å². The second kappa shape index (κ2) is 8.37. The van der Waals surface area contributed by atoms with Crippen molar-refractivity contribution < 1.29 is 18.0 Å². The summed E-state index contributed by atoms with van der Waals surface area (Å²) < 4.78 is 27.4. The van der Waals surface area contributed by atoms with E-state index in [1.54, 1.807) is 17.0 Å². The van der Waals surface area contributed by atoms with Crippen molar-refractivity contribution in [3.05, 3.63) is 29.8 Å². The number of carbonyl (C=O) groups excluding carboxylic acids is 2. The number of benzene rings is 1. The Morgan fingerprint density at radius 3 is 2.70 bits per heavy atom. The SMILES string of the molecule is NCCNC(=O)C1CCCN(C(=O)c2cccc(S(=O)(=O)NC3CC3)c2)C1. The lowest BCUT2D eigenvalue weighted by molar-refractivity contribution is -0.126. The van der Waals surface area contributed by atoms with Crippen LogP contribution in [0.4, 0.5) is 0 Å². The van der Waals surface area contributed by atoms with E-state index in [0.29, 0.717) is 31.7 Å². The molecule has 148 valence electrons. The summed E-state index contributed by atoms with van der Waals surface area (Å²) in [5.41, 5.74) is 5.72. The summed E-state index contributed by atoms with van der Waals surface area (Å²) in [5, 5.41) is 2.76. The molecule has 1 aliphatic heterocycles. The van der Waals surface area contributed by atoms with E-state index in [1.807, 2.05) is 0 Å². The Hall–Kier alpha value is -1.97. The quantitative estimate of drug-likeness (QED) is 0.603. The summed E-state index contributed by atoms with van der Waals surface area (Å²) >= 11 is 0. The molecule has 1 saturated carbocycles. The van der Waals surface area contributed by atoms with E-state index in [4.69, 9.17) is 5.73 Å². The van der Waals surface area contributed by atoms with Gasteiger partial charge in [0, 0.05) is 37.8 Å². The highest BCUT2D eigenvalue weighted by Crippen LogP contribution is 2.23. The first kappa shape index (κ1) is 19.8. The van der Waals surface area contributed by atoms with Gasteiger partial charge in [0.25, 0.3) is 5.91 Å². The predicted molar refractivity (Wildman–Crippen MR) is 100 cm³/mol. The molecule has 1 saturated heterocycles. The average Bonchev–Trinajstić information content (AvgIpc) is 3.49. The molecule has 8 nitrogen and oxygen atoms in total. The number of likely N-dealkylation sites (tertiary alicyclic amines) is 1. The first-order chi connectivity index (χ1) is 12.9. The number of piperidine rings is 1. The van der Waals surface area contributed by atoms with Gasteiger partial charge in [0.05, 0.1) is 10.8 Å². The van der Waals surface area contributed by atoms with E-state index in [0.717, 1.165) is 25.7 Å². The summed E-state index contributed by atoms with van der Waals surface area (Å²) in [5.74, 6) is -0.615. The Bertz CT molecular complexity index is 807. The smallest absolute Gasteiger partial charge is 0.253 e. The van der Waals surface area contributed by atoms with Crippen LogP contribution >= 0.6 is 0 Å². The first-order valence-corrected chi connectivity index (χ1v) is 10.8. The Kier molecular flexibility index (Phi) is 6.13. The third kappa shape index (κ3) is 5.06. The van der Waals surface area contributed by atoms with Crippen molar-refractivity contribution in [2.75, 3.05) is 26.2 Å². The van der Waals surface area contributed by atoms with Crippen molar-refractivity contribution in [2.45, 2.75) is 36.6 Å². The summed E-state index contributed by atoms with van der Waals surface area (Å²) in [6.07, 6.45) is 3.14. The van der Waals surface area contributed by atoms with E-state index < -0.39 is 10.0 Å². The van der Waals surface area contributed by atoms with Crippen LogP contribution in [0.5, 0.6) is 0 Å². The molecule has 1 unspecified atom stereocenters.